The first-order valence-corrected chi connectivity index (χ1v) is 3.89. The van der Waals surface area contributed by atoms with Crippen LogP contribution in [0.25, 0.3) is 0 Å². The molecule has 1 aromatic carbocycles. The summed E-state index contributed by atoms with van der Waals surface area (Å²) in [7, 11) is 1.51. The molecule has 0 amide bonds. The van der Waals surface area contributed by atoms with Crippen molar-refractivity contribution in [2.45, 2.75) is 0 Å². The molecule has 0 heterocycles. The van der Waals surface area contributed by atoms with E-state index in [1.807, 2.05) is 30.3 Å². The molecule has 1 rings (SSSR count). The third-order valence-corrected chi connectivity index (χ3v) is 1.41. The van der Waals surface area contributed by atoms with Gasteiger partial charge in [0.25, 0.3) is 0 Å². The van der Waals surface area contributed by atoms with Crippen molar-refractivity contribution in [3.05, 3.63) is 30.3 Å². The average molecular weight is 182 g/mol. The molecule has 0 unspecified atom stereocenters. The van der Waals surface area contributed by atoms with E-state index in [1.54, 1.807) is 0 Å². The van der Waals surface area contributed by atoms with E-state index in [-0.39, 0.29) is 0 Å². The van der Waals surface area contributed by atoms with Crippen molar-refractivity contribution in [3.63, 3.8) is 0 Å². The quantitative estimate of drug-likeness (QED) is 0.537. The summed E-state index contributed by atoms with van der Waals surface area (Å²) in [6.45, 7) is 0. The molecule has 0 aliphatic carbocycles. The Morgan fingerprint density at radius 1 is 1.33 bits per heavy atom. The van der Waals surface area contributed by atoms with Gasteiger partial charge in [0, 0.05) is 5.69 Å². The van der Waals surface area contributed by atoms with Gasteiger partial charge in [-0.2, -0.15) is 0 Å². The summed E-state index contributed by atoms with van der Waals surface area (Å²) in [6.07, 6.45) is 0. The number of rotatable bonds is 2. The smallest absolute Gasteiger partial charge is 0.195 e. The molecule has 64 valence electrons. The highest BCUT2D eigenvalue weighted by atomic mass is 32.1. The number of hydrogen-bond donors (Lipinski definition) is 2. The molecule has 0 bridgehead atoms. The lowest BCUT2D eigenvalue weighted by Gasteiger charge is -2.07. The highest BCUT2D eigenvalue weighted by Crippen LogP contribution is 2.03. The van der Waals surface area contributed by atoms with E-state index < -0.39 is 0 Å². The second-order valence-corrected chi connectivity index (χ2v) is 2.53. The highest BCUT2D eigenvalue weighted by Gasteiger charge is 1.93. The molecule has 0 aromatic heterocycles. The zero-order valence-corrected chi connectivity index (χ0v) is 7.52. The van der Waals surface area contributed by atoms with E-state index >= 15 is 0 Å². The van der Waals surface area contributed by atoms with Gasteiger partial charge in [-0.25, -0.2) is 5.48 Å². The van der Waals surface area contributed by atoms with E-state index in [0.29, 0.717) is 5.11 Å². The molecule has 0 radical (unpaired) electrons. The summed E-state index contributed by atoms with van der Waals surface area (Å²) in [5, 5.41) is 3.39. The molecule has 0 fully saturated rings. The maximum Gasteiger partial charge on any atom is 0.195 e. The van der Waals surface area contributed by atoms with Crippen LogP contribution < -0.4 is 10.8 Å². The fraction of sp³-hybridized carbons (Fsp3) is 0.125. The number of thiocarbonyl (C=S) groups is 1. The summed E-state index contributed by atoms with van der Waals surface area (Å²) in [4.78, 5) is 4.62. The number of para-hydroxylation sites is 1. The van der Waals surface area contributed by atoms with Gasteiger partial charge in [-0.1, -0.05) is 18.2 Å². The standard InChI is InChI=1S/C8H10N2OS/c1-11-10-8(12)9-7-5-3-2-4-6-7/h2-6H,1H3,(H2,9,10,12). The number of nitrogens with one attached hydrogen (secondary N) is 2. The summed E-state index contributed by atoms with van der Waals surface area (Å²) in [5.41, 5.74) is 3.45. The summed E-state index contributed by atoms with van der Waals surface area (Å²) < 4.78 is 0. The van der Waals surface area contributed by atoms with Gasteiger partial charge in [-0.3, -0.25) is 4.84 Å². The van der Waals surface area contributed by atoms with Crippen LogP contribution in [0, 0.1) is 0 Å². The molecule has 12 heavy (non-hydrogen) atoms. The Morgan fingerprint density at radius 3 is 2.58 bits per heavy atom. The molecule has 4 heteroatoms. The summed E-state index contributed by atoms with van der Waals surface area (Å²) in [5.74, 6) is 0. The van der Waals surface area contributed by atoms with E-state index in [2.05, 4.69) is 15.6 Å². The van der Waals surface area contributed by atoms with Gasteiger partial charge < -0.3 is 5.32 Å². The molecule has 1 aromatic rings. The molecule has 0 spiro atoms. The van der Waals surface area contributed by atoms with Crippen LogP contribution in [0.3, 0.4) is 0 Å². The summed E-state index contributed by atoms with van der Waals surface area (Å²) in [6, 6.07) is 9.64. The predicted octanol–water partition coefficient (Wildman–Crippen LogP) is 1.53. The molecule has 0 atom stereocenters. The third-order valence-electron chi connectivity index (χ3n) is 1.23. The average Bonchev–Trinajstić information content (AvgIpc) is 2.06. The number of hydroxylamine groups is 1. The van der Waals surface area contributed by atoms with Crippen molar-refractivity contribution in [1.29, 1.82) is 0 Å². The predicted molar refractivity (Wildman–Crippen MR) is 52.8 cm³/mol. The largest absolute Gasteiger partial charge is 0.331 e. The fourth-order valence-electron chi connectivity index (χ4n) is 0.771. The Balaban J connectivity index is 2.47. The Bertz CT molecular complexity index is 250. The van der Waals surface area contributed by atoms with Gasteiger partial charge in [0.1, 0.15) is 0 Å². The van der Waals surface area contributed by atoms with Crippen molar-refractivity contribution in [2.24, 2.45) is 0 Å². The van der Waals surface area contributed by atoms with Gasteiger partial charge in [0.2, 0.25) is 0 Å². The van der Waals surface area contributed by atoms with Gasteiger partial charge in [-0.05, 0) is 24.4 Å². The maximum atomic E-state index is 4.89. The van der Waals surface area contributed by atoms with Crippen molar-refractivity contribution in [1.82, 2.24) is 5.48 Å². The Hall–Kier alpha value is -1.13. The molecule has 3 nitrogen and oxygen atoms in total. The minimum absolute atomic E-state index is 0.448. The van der Waals surface area contributed by atoms with E-state index in [4.69, 9.17) is 12.2 Å². The van der Waals surface area contributed by atoms with Crippen LogP contribution in [0.2, 0.25) is 0 Å². The van der Waals surface area contributed by atoms with Crippen molar-refractivity contribution >= 4 is 23.0 Å². The van der Waals surface area contributed by atoms with Gasteiger partial charge >= 0.3 is 0 Å². The van der Waals surface area contributed by atoms with Crippen molar-refractivity contribution in [3.8, 4) is 0 Å². The molecule has 2 N–H and O–H groups in total. The Morgan fingerprint density at radius 2 is 2.00 bits per heavy atom. The van der Waals surface area contributed by atoms with Crippen LogP contribution in [0.15, 0.2) is 30.3 Å². The first kappa shape index (κ1) is 8.96. The van der Waals surface area contributed by atoms with E-state index in [9.17, 15) is 0 Å². The normalized spacial score (nSPS) is 9.08. The topological polar surface area (TPSA) is 33.3 Å². The minimum Gasteiger partial charge on any atom is -0.331 e. The first-order valence-electron chi connectivity index (χ1n) is 3.48. The van der Waals surface area contributed by atoms with Crippen LogP contribution in [-0.2, 0) is 4.84 Å². The molecule has 0 saturated carbocycles. The molecule has 0 aliphatic rings. The second kappa shape index (κ2) is 4.69. The number of anilines is 1. The van der Waals surface area contributed by atoms with Crippen LogP contribution in [0.5, 0.6) is 0 Å². The van der Waals surface area contributed by atoms with Crippen LogP contribution >= 0.6 is 12.2 Å². The first-order chi connectivity index (χ1) is 5.83. The number of benzene rings is 1. The van der Waals surface area contributed by atoms with Gasteiger partial charge in [0.05, 0.1) is 7.11 Å². The number of hydrogen-bond acceptors (Lipinski definition) is 2. The lowest BCUT2D eigenvalue weighted by atomic mass is 10.3. The van der Waals surface area contributed by atoms with Crippen molar-refractivity contribution in [2.75, 3.05) is 12.4 Å². The molecular weight excluding hydrogens is 172 g/mol. The maximum absolute atomic E-state index is 4.89. The Labute approximate surface area is 76.7 Å². The highest BCUT2D eigenvalue weighted by molar-refractivity contribution is 7.80. The molecular formula is C8H10N2OS. The zero-order chi connectivity index (χ0) is 8.81. The summed E-state index contributed by atoms with van der Waals surface area (Å²) >= 11 is 4.89. The third kappa shape index (κ3) is 2.86. The van der Waals surface area contributed by atoms with Crippen LogP contribution in [0.1, 0.15) is 0 Å². The Kier molecular flexibility index (Phi) is 3.50. The zero-order valence-electron chi connectivity index (χ0n) is 6.70. The molecule has 0 saturated heterocycles. The van der Waals surface area contributed by atoms with Gasteiger partial charge in [-0.15, -0.1) is 0 Å². The van der Waals surface area contributed by atoms with E-state index in [0.717, 1.165) is 5.69 Å². The minimum atomic E-state index is 0.448. The van der Waals surface area contributed by atoms with Crippen LogP contribution in [0.4, 0.5) is 5.69 Å². The SMILES string of the molecule is CONC(=S)Nc1ccccc1. The lowest BCUT2D eigenvalue weighted by molar-refractivity contribution is 0.146. The van der Waals surface area contributed by atoms with Gasteiger partial charge in [0.15, 0.2) is 5.11 Å². The molecule has 0 aliphatic heterocycles. The van der Waals surface area contributed by atoms with Crippen LogP contribution in [-0.4, -0.2) is 12.2 Å². The second-order valence-electron chi connectivity index (χ2n) is 2.13. The fourth-order valence-corrected chi connectivity index (χ4v) is 0.972. The lowest BCUT2D eigenvalue weighted by Crippen LogP contribution is -2.27. The van der Waals surface area contributed by atoms with E-state index in [1.165, 1.54) is 7.11 Å². The van der Waals surface area contributed by atoms with Crippen molar-refractivity contribution < 1.29 is 4.84 Å². The monoisotopic (exact) mass is 182 g/mol.